The number of aryl methyl sites for hydroxylation is 1. The summed E-state index contributed by atoms with van der Waals surface area (Å²) in [6.07, 6.45) is 4.80. The van der Waals surface area contributed by atoms with Crippen molar-refractivity contribution in [3.63, 3.8) is 0 Å². The highest BCUT2D eigenvalue weighted by molar-refractivity contribution is 5.88. The fraction of sp³-hybridized carbons (Fsp3) is 0.111. The monoisotopic (exact) mass is 176 g/mol. The molecule has 1 rings (SSSR count). The van der Waals surface area contributed by atoms with Crippen LogP contribution in [0.4, 0.5) is 5.69 Å². The van der Waals surface area contributed by atoms with Crippen LogP contribution in [-0.4, -0.2) is 10.8 Å². The standard InChI is InChI=1S/C9H12N4/c1-7-2-3-8(6-13-7)12-5-4-9(10)11/h2-6,12H,1H3,(H3,10,11)/b5-4-. The molecule has 0 unspecified atom stereocenters. The first-order valence-electron chi connectivity index (χ1n) is 3.88. The van der Waals surface area contributed by atoms with Crippen LogP contribution in [0.2, 0.25) is 0 Å². The normalized spacial score (nSPS) is 10.2. The predicted octanol–water partition coefficient (Wildman–Crippen LogP) is 1.25. The largest absolute Gasteiger partial charge is 0.384 e. The van der Waals surface area contributed by atoms with Crippen LogP contribution >= 0.6 is 0 Å². The quantitative estimate of drug-likeness (QED) is 0.479. The van der Waals surface area contributed by atoms with E-state index in [-0.39, 0.29) is 5.84 Å². The summed E-state index contributed by atoms with van der Waals surface area (Å²) in [6, 6.07) is 3.82. The minimum atomic E-state index is 0.0209. The van der Waals surface area contributed by atoms with E-state index in [0.717, 1.165) is 11.4 Å². The van der Waals surface area contributed by atoms with Gasteiger partial charge < -0.3 is 11.1 Å². The number of nitrogens with one attached hydrogen (secondary N) is 2. The zero-order valence-corrected chi connectivity index (χ0v) is 7.41. The van der Waals surface area contributed by atoms with Gasteiger partial charge in [-0.25, -0.2) is 0 Å². The second-order valence-electron chi connectivity index (χ2n) is 2.62. The lowest BCUT2D eigenvalue weighted by Gasteiger charge is -1.99. The van der Waals surface area contributed by atoms with Gasteiger partial charge in [-0.1, -0.05) is 0 Å². The number of rotatable bonds is 3. The molecule has 0 aliphatic heterocycles. The lowest BCUT2D eigenvalue weighted by Crippen LogP contribution is -2.05. The Morgan fingerprint density at radius 2 is 2.38 bits per heavy atom. The first-order chi connectivity index (χ1) is 6.18. The van der Waals surface area contributed by atoms with Gasteiger partial charge in [-0.15, -0.1) is 0 Å². The van der Waals surface area contributed by atoms with Gasteiger partial charge in [0.15, 0.2) is 0 Å². The molecule has 0 spiro atoms. The van der Waals surface area contributed by atoms with Gasteiger partial charge in [-0.2, -0.15) is 0 Å². The number of hydrogen-bond donors (Lipinski definition) is 3. The van der Waals surface area contributed by atoms with E-state index in [1.165, 1.54) is 6.08 Å². The van der Waals surface area contributed by atoms with Crippen molar-refractivity contribution in [3.8, 4) is 0 Å². The van der Waals surface area contributed by atoms with Crippen molar-refractivity contribution in [2.24, 2.45) is 5.73 Å². The number of anilines is 1. The van der Waals surface area contributed by atoms with Crippen molar-refractivity contribution in [1.29, 1.82) is 5.41 Å². The molecule has 0 aliphatic rings. The molecular formula is C9H12N4. The van der Waals surface area contributed by atoms with Crippen molar-refractivity contribution in [2.75, 3.05) is 5.32 Å². The van der Waals surface area contributed by atoms with Gasteiger partial charge in [0.05, 0.1) is 11.9 Å². The average molecular weight is 176 g/mol. The summed E-state index contributed by atoms with van der Waals surface area (Å²) in [5, 5.41) is 9.87. The van der Waals surface area contributed by atoms with E-state index in [2.05, 4.69) is 10.3 Å². The van der Waals surface area contributed by atoms with Gasteiger partial charge in [-0.05, 0) is 25.1 Å². The number of pyridine rings is 1. The highest BCUT2D eigenvalue weighted by Gasteiger charge is 1.87. The molecular weight excluding hydrogens is 164 g/mol. The van der Waals surface area contributed by atoms with Crippen molar-refractivity contribution in [3.05, 3.63) is 36.3 Å². The smallest absolute Gasteiger partial charge is 0.116 e. The minimum Gasteiger partial charge on any atom is -0.384 e. The minimum absolute atomic E-state index is 0.0209. The molecule has 0 amide bonds. The maximum absolute atomic E-state index is 6.93. The zero-order chi connectivity index (χ0) is 9.68. The van der Waals surface area contributed by atoms with E-state index in [1.54, 1.807) is 12.4 Å². The first kappa shape index (κ1) is 9.25. The average Bonchev–Trinajstić information content (AvgIpc) is 2.08. The SMILES string of the molecule is Cc1ccc(N/C=C\C(=N)N)cn1. The van der Waals surface area contributed by atoms with Crippen LogP contribution in [0.25, 0.3) is 0 Å². The second kappa shape index (κ2) is 4.25. The van der Waals surface area contributed by atoms with E-state index in [0.29, 0.717) is 0 Å². The predicted molar refractivity (Wildman–Crippen MR) is 53.7 cm³/mol. The molecule has 1 heterocycles. The fourth-order valence-corrected chi connectivity index (χ4v) is 0.781. The third-order valence-electron chi connectivity index (χ3n) is 1.42. The highest BCUT2D eigenvalue weighted by atomic mass is 14.9. The van der Waals surface area contributed by atoms with Crippen LogP contribution < -0.4 is 11.1 Å². The van der Waals surface area contributed by atoms with Gasteiger partial charge in [0.1, 0.15) is 5.84 Å². The van der Waals surface area contributed by atoms with Crippen molar-refractivity contribution < 1.29 is 0 Å². The van der Waals surface area contributed by atoms with Gasteiger partial charge >= 0.3 is 0 Å². The van der Waals surface area contributed by atoms with Gasteiger partial charge in [0.2, 0.25) is 0 Å². The summed E-state index contributed by atoms with van der Waals surface area (Å²) in [7, 11) is 0. The molecule has 13 heavy (non-hydrogen) atoms. The Kier molecular flexibility index (Phi) is 3.03. The molecule has 0 atom stereocenters. The Balaban J connectivity index is 2.55. The third-order valence-corrected chi connectivity index (χ3v) is 1.42. The Morgan fingerprint density at radius 3 is 2.92 bits per heavy atom. The van der Waals surface area contributed by atoms with E-state index < -0.39 is 0 Å². The number of aromatic nitrogens is 1. The second-order valence-corrected chi connectivity index (χ2v) is 2.62. The lowest BCUT2D eigenvalue weighted by molar-refractivity contribution is 1.20. The summed E-state index contributed by atoms with van der Waals surface area (Å²) >= 11 is 0. The molecule has 1 aromatic heterocycles. The molecule has 0 aliphatic carbocycles. The van der Waals surface area contributed by atoms with Crippen molar-refractivity contribution >= 4 is 11.5 Å². The summed E-state index contributed by atoms with van der Waals surface area (Å²) in [4.78, 5) is 4.10. The van der Waals surface area contributed by atoms with Crippen LogP contribution in [0.1, 0.15) is 5.69 Å². The molecule has 4 N–H and O–H groups in total. The topological polar surface area (TPSA) is 74.8 Å². The fourth-order valence-electron chi connectivity index (χ4n) is 0.781. The summed E-state index contributed by atoms with van der Waals surface area (Å²) in [5.41, 5.74) is 6.97. The van der Waals surface area contributed by atoms with Crippen LogP contribution in [-0.2, 0) is 0 Å². The number of hydrogen-bond acceptors (Lipinski definition) is 3. The van der Waals surface area contributed by atoms with Crippen LogP contribution in [0.3, 0.4) is 0 Å². The van der Waals surface area contributed by atoms with E-state index >= 15 is 0 Å². The van der Waals surface area contributed by atoms with Crippen LogP contribution in [0.15, 0.2) is 30.6 Å². The van der Waals surface area contributed by atoms with Crippen LogP contribution in [0.5, 0.6) is 0 Å². The van der Waals surface area contributed by atoms with Gasteiger partial charge in [0, 0.05) is 11.9 Å². The highest BCUT2D eigenvalue weighted by Crippen LogP contribution is 2.04. The van der Waals surface area contributed by atoms with Crippen molar-refractivity contribution in [1.82, 2.24) is 4.98 Å². The Morgan fingerprint density at radius 1 is 1.62 bits per heavy atom. The maximum atomic E-state index is 6.93. The van der Waals surface area contributed by atoms with E-state index in [1.807, 2.05) is 19.1 Å². The summed E-state index contributed by atoms with van der Waals surface area (Å²) in [5.74, 6) is 0.0209. The number of nitrogens with zero attached hydrogens (tertiary/aromatic N) is 1. The molecule has 1 aromatic rings. The molecule has 0 saturated carbocycles. The maximum Gasteiger partial charge on any atom is 0.116 e. The summed E-state index contributed by atoms with van der Waals surface area (Å²) < 4.78 is 0. The van der Waals surface area contributed by atoms with E-state index in [4.69, 9.17) is 11.1 Å². The Labute approximate surface area is 77.0 Å². The van der Waals surface area contributed by atoms with Crippen molar-refractivity contribution in [2.45, 2.75) is 6.92 Å². The molecule has 4 heteroatoms. The Hall–Kier alpha value is -1.84. The molecule has 4 nitrogen and oxygen atoms in total. The molecule has 0 saturated heterocycles. The first-order valence-corrected chi connectivity index (χ1v) is 3.88. The Bertz CT molecular complexity index is 313. The molecule has 0 aromatic carbocycles. The molecule has 0 fully saturated rings. The number of amidine groups is 1. The van der Waals surface area contributed by atoms with Crippen LogP contribution in [0, 0.1) is 12.3 Å². The van der Waals surface area contributed by atoms with E-state index in [9.17, 15) is 0 Å². The zero-order valence-electron chi connectivity index (χ0n) is 7.41. The summed E-state index contributed by atoms with van der Waals surface area (Å²) in [6.45, 7) is 1.93. The molecule has 0 radical (unpaired) electrons. The van der Waals surface area contributed by atoms with Gasteiger partial charge in [0.25, 0.3) is 0 Å². The lowest BCUT2D eigenvalue weighted by atomic mass is 10.3. The third kappa shape index (κ3) is 3.37. The van der Waals surface area contributed by atoms with Gasteiger partial charge in [-0.3, -0.25) is 10.4 Å². The number of nitrogens with two attached hydrogens (primary N) is 1. The molecule has 68 valence electrons. The molecule has 0 bridgehead atoms.